The van der Waals surface area contributed by atoms with Crippen LogP contribution in [0.2, 0.25) is 0 Å². The Hall–Kier alpha value is -3.35. The molecule has 6 heterocycles. The van der Waals surface area contributed by atoms with Gasteiger partial charge in [-0.2, -0.15) is 9.47 Å². The maximum Gasteiger partial charge on any atom is 0.241 e. The molecule has 0 bridgehead atoms. The van der Waals surface area contributed by atoms with Gasteiger partial charge in [-0.25, -0.2) is 9.97 Å². The molecule has 12 heteroatoms. The number of piperidine rings is 1. The summed E-state index contributed by atoms with van der Waals surface area (Å²) < 4.78 is 13.7. The van der Waals surface area contributed by atoms with Gasteiger partial charge in [0.05, 0.1) is 29.5 Å². The number of nitrogens with one attached hydrogen (secondary N) is 2. The lowest BCUT2D eigenvalue weighted by Crippen LogP contribution is -2.40. The number of rotatable bonds is 8. The summed E-state index contributed by atoms with van der Waals surface area (Å²) in [7, 11) is 0. The van der Waals surface area contributed by atoms with E-state index in [2.05, 4.69) is 43.0 Å². The van der Waals surface area contributed by atoms with Gasteiger partial charge in [-0.3, -0.25) is 18.8 Å². The van der Waals surface area contributed by atoms with E-state index in [1.54, 1.807) is 10.9 Å². The SMILES string of the molecule is Cc1cn2c(-c3cnn(CC(=O)NC4CCOCC4)c3)cnc2c(Nc2cc(CN3CCCC(C)C3)ns2)n1. The molecular weight excluding hydrogens is 514 g/mol. The van der Waals surface area contributed by atoms with Crippen molar-refractivity contribution in [2.75, 3.05) is 31.6 Å². The van der Waals surface area contributed by atoms with Gasteiger partial charge < -0.3 is 15.4 Å². The van der Waals surface area contributed by atoms with Crippen LogP contribution in [0.4, 0.5) is 10.8 Å². The number of aryl methyl sites for hydroxylation is 1. The number of carbonyl (C=O) groups excluding carboxylic acids is 1. The van der Waals surface area contributed by atoms with Crippen molar-refractivity contribution in [1.82, 2.24) is 38.7 Å². The maximum absolute atomic E-state index is 12.5. The highest BCUT2D eigenvalue weighted by atomic mass is 32.1. The summed E-state index contributed by atoms with van der Waals surface area (Å²) in [6, 6.07) is 2.29. The number of likely N-dealkylation sites (tertiary alicyclic amines) is 1. The smallest absolute Gasteiger partial charge is 0.241 e. The molecular formula is C27H35N9O2S. The molecule has 0 aromatic carbocycles. The van der Waals surface area contributed by atoms with Crippen LogP contribution >= 0.6 is 11.5 Å². The number of aromatic nitrogens is 6. The van der Waals surface area contributed by atoms with E-state index in [1.165, 1.54) is 24.4 Å². The van der Waals surface area contributed by atoms with E-state index in [4.69, 9.17) is 9.72 Å². The Balaban J connectivity index is 1.15. The van der Waals surface area contributed by atoms with Crippen molar-refractivity contribution in [2.24, 2.45) is 5.92 Å². The first-order valence-corrected chi connectivity index (χ1v) is 14.5. The predicted octanol–water partition coefficient (Wildman–Crippen LogP) is 3.63. The number of imidazole rings is 1. The average Bonchev–Trinajstić information content (AvgIpc) is 3.65. The number of anilines is 2. The lowest BCUT2D eigenvalue weighted by molar-refractivity contribution is -0.123. The Kier molecular flexibility index (Phi) is 7.58. The number of nitrogens with zero attached hydrogens (tertiary/aromatic N) is 7. The van der Waals surface area contributed by atoms with Crippen molar-refractivity contribution in [3.63, 3.8) is 0 Å². The highest BCUT2D eigenvalue weighted by Gasteiger charge is 2.19. The van der Waals surface area contributed by atoms with Crippen molar-refractivity contribution < 1.29 is 9.53 Å². The number of hydrogen-bond donors (Lipinski definition) is 2. The average molecular weight is 550 g/mol. The van der Waals surface area contributed by atoms with E-state index in [0.29, 0.717) is 19.0 Å². The zero-order chi connectivity index (χ0) is 26.8. The molecule has 1 atom stereocenters. The summed E-state index contributed by atoms with van der Waals surface area (Å²) in [6.07, 6.45) is 11.7. The van der Waals surface area contributed by atoms with Crippen molar-refractivity contribution >= 4 is 33.9 Å². The minimum absolute atomic E-state index is 0.0417. The fourth-order valence-electron chi connectivity index (χ4n) is 5.47. The minimum Gasteiger partial charge on any atom is -0.381 e. The van der Waals surface area contributed by atoms with Gasteiger partial charge in [-0.05, 0) is 62.7 Å². The van der Waals surface area contributed by atoms with Crippen LogP contribution < -0.4 is 10.6 Å². The largest absolute Gasteiger partial charge is 0.381 e. The van der Waals surface area contributed by atoms with Crippen molar-refractivity contribution in [3.8, 4) is 11.3 Å². The molecule has 6 rings (SSSR count). The zero-order valence-corrected chi connectivity index (χ0v) is 23.3. The molecule has 1 unspecified atom stereocenters. The van der Waals surface area contributed by atoms with E-state index >= 15 is 0 Å². The van der Waals surface area contributed by atoms with Gasteiger partial charge in [0.25, 0.3) is 0 Å². The summed E-state index contributed by atoms with van der Waals surface area (Å²) in [5.74, 6) is 1.39. The molecule has 2 saturated heterocycles. The molecule has 0 saturated carbocycles. The third kappa shape index (κ3) is 6.13. The second kappa shape index (κ2) is 11.4. The van der Waals surface area contributed by atoms with E-state index in [0.717, 1.165) is 71.7 Å². The van der Waals surface area contributed by atoms with E-state index in [-0.39, 0.29) is 18.5 Å². The fraction of sp³-hybridized carbons (Fsp3) is 0.519. The standard InChI is InChI=1S/C27H35N9O2S/c1-18-4-3-7-34(13-18)16-22-10-25(39-33-22)32-26-27-28-12-23(36(27)14-19(2)30-26)20-11-29-35(15-20)17-24(37)31-21-5-8-38-9-6-21/h10-12,14-15,18,21H,3-9,13,16-17H2,1-2H3,(H,30,32)(H,31,37). The molecule has 2 aliphatic heterocycles. The third-order valence-corrected chi connectivity index (χ3v) is 8.10. The Bertz CT molecular complexity index is 1440. The van der Waals surface area contributed by atoms with Crippen LogP contribution in [0.5, 0.6) is 0 Å². The van der Waals surface area contributed by atoms with Crippen LogP contribution in [-0.2, 0) is 22.6 Å². The third-order valence-electron chi connectivity index (χ3n) is 7.36. The van der Waals surface area contributed by atoms with E-state index in [1.807, 2.05) is 29.9 Å². The zero-order valence-electron chi connectivity index (χ0n) is 22.5. The highest BCUT2D eigenvalue weighted by molar-refractivity contribution is 7.10. The Morgan fingerprint density at radius 1 is 1.21 bits per heavy atom. The summed E-state index contributed by atoms with van der Waals surface area (Å²) in [5.41, 5.74) is 4.44. The van der Waals surface area contributed by atoms with Gasteiger partial charge in [0.15, 0.2) is 11.5 Å². The van der Waals surface area contributed by atoms with Gasteiger partial charge in [0, 0.05) is 50.3 Å². The molecule has 0 radical (unpaired) electrons. The summed E-state index contributed by atoms with van der Waals surface area (Å²) in [5, 5.41) is 11.9. The van der Waals surface area contributed by atoms with Crippen molar-refractivity contribution in [1.29, 1.82) is 0 Å². The van der Waals surface area contributed by atoms with Crippen LogP contribution in [0.25, 0.3) is 16.9 Å². The minimum atomic E-state index is -0.0417. The Morgan fingerprint density at radius 3 is 2.92 bits per heavy atom. The first kappa shape index (κ1) is 25.9. The second-order valence-electron chi connectivity index (χ2n) is 10.7. The van der Waals surface area contributed by atoms with Crippen molar-refractivity contribution in [2.45, 2.75) is 58.7 Å². The van der Waals surface area contributed by atoms with Gasteiger partial charge >= 0.3 is 0 Å². The monoisotopic (exact) mass is 549 g/mol. The number of amides is 1. The van der Waals surface area contributed by atoms with Crippen molar-refractivity contribution in [3.05, 3.63) is 42.2 Å². The molecule has 39 heavy (non-hydrogen) atoms. The van der Waals surface area contributed by atoms with Gasteiger partial charge in [0.2, 0.25) is 5.91 Å². The van der Waals surface area contributed by atoms with Crippen LogP contribution in [0.3, 0.4) is 0 Å². The first-order chi connectivity index (χ1) is 19.0. The highest BCUT2D eigenvalue weighted by Crippen LogP contribution is 2.28. The molecule has 206 valence electrons. The Labute approximate surface area is 231 Å². The van der Waals surface area contributed by atoms with Crippen LogP contribution in [0.1, 0.15) is 44.0 Å². The molecule has 2 N–H and O–H groups in total. The molecule has 0 aliphatic carbocycles. The van der Waals surface area contributed by atoms with Gasteiger partial charge in [-0.15, -0.1) is 0 Å². The number of hydrogen-bond acceptors (Lipinski definition) is 9. The fourth-order valence-corrected chi connectivity index (χ4v) is 6.13. The molecule has 11 nitrogen and oxygen atoms in total. The van der Waals surface area contributed by atoms with Gasteiger partial charge in [-0.1, -0.05) is 6.92 Å². The summed E-state index contributed by atoms with van der Waals surface area (Å²) >= 11 is 1.45. The summed E-state index contributed by atoms with van der Waals surface area (Å²) in [6.45, 7) is 9.00. The normalized spacial score (nSPS) is 19.0. The van der Waals surface area contributed by atoms with Crippen LogP contribution in [0, 0.1) is 12.8 Å². The molecule has 4 aromatic heterocycles. The van der Waals surface area contributed by atoms with Crippen LogP contribution in [0.15, 0.2) is 30.9 Å². The van der Waals surface area contributed by atoms with Crippen LogP contribution in [-0.4, -0.2) is 71.7 Å². The van der Waals surface area contributed by atoms with E-state index < -0.39 is 0 Å². The first-order valence-electron chi connectivity index (χ1n) is 13.7. The Morgan fingerprint density at radius 2 is 2.08 bits per heavy atom. The number of carbonyl (C=O) groups is 1. The maximum atomic E-state index is 12.5. The molecule has 2 fully saturated rings. The predicted molar refractivity (Wildman–Crippen MR) is 150 cm³/mol. The number of ether oxygens (including phenoxy) is 1. The molecule has 4 aromatic rings. The lowest BCUT2D eigenvalue weighted by Gasteiger charge is -2.30. The molecule has 1 amide bonds. The molecule has 0 spiro atoms. The summed E-state index contributed by atoms with van der Waals surface area (Å²) in [4.78, 5) is 24.4. The lowest BCUT2D eigenvalue weighted by atomic mass is 10.0. The van der Waals surface area contributed by atoms with Gasteiger partial charge in [0.1, 0.15) is 11.5 Å². The second-order valence-corrected chi connectivity index (χ2v) is 11.5. The topological polar surface area (TPSA) is 114 Å². The quantitative estimate of drug-likeness (QED) is 0.343. The molecule has 2 aliphatic rings. The van der Waals surface area contributed by atoms with E-state index in [9.17, 15) is 4.79 Å². The number of fused-ring (bicyclic) bond motifs is 1.